The van der Waals surface area contributed by atoms with E-state index in [2.05, 4.69) is 114 Å². The third kappa shape index (κ3) is 2.59. The molecule has 4 nitrogen and oxygen atoms in total. The summed E-state index contributed by atoms with van der Waals surface area (Å²) >= 11 is 0. The highest BCUT2D eigenvalue weighted by Gasteiger charge is 2.25. The van der Waals surface area contributed by atoms with E-state index in [0.717, 1.165) is 34.6 Å². The van der Waals surface area contributed by atoms with Crippen LogP contribution >= 0.6 is 0 Å². The van der Waals surface area contributed by atoms with Gasteiger partial charge in [-0.05, 0) is 65.4 Å². The van der Waals surface area contributed by atoms with E-state index in [1.807, 2.05) is 6.07 Å². The zero-order valence-corrected chi connectivity index (χ0v) is 19.6. The summed E-state index contributed by atoms with van der Waals surface area (Å²) in [5, 5.41) is 0. The van der Waals surface area contributed by atoms with Crippen molar-refractivity contribution in [3.05, 3.63) is 102 Å². The van der Waals surface area contributed by atoms with E-state index in [0.29, 0.717) is 0 Å². The summed E-state index contributed by atoms with van der Waals surface area (Å²) < 4.78 is 6.69. The first-order valence-electron chi connectivity index (χ1n) is 11.7. The minimum absolute atomic E-state index is 0.951. The lowest BCUT2D eigenvalue weighted by molar-refractivity contribution is -0.649. The molecular weight excluding hydrogens is 416 g/mol. The van der Waals surface area contributed by atoms with E-state index in [1.165, 1.54) is 39.1 Å². The molecule has 7 rings (SSSR count). The Morgan fingerprint density at radius 2 is 1.59 bits per heavy atom. The number of hydrogen-bond acceptors (Lipinski definition) is 1. The minimum atomic E-state index is 0.951. The number of aryl methyl sites for hydroxylation is 2. The maximum atomic E-state index is 4.86. The van der Waals surface area contributed by atoms with E-state index in [9.17, 15) is 0 Å². The lowest BCUT2D eigenvalue weighted by Gasteiger charge is -2.11. The van der Waals surface area contributed by atoms with Crippen LogP contribution in [-0.4, -0.2) is 14.0 Å². The Balaban J connectivity index is 1.41. The van der Waals surface area contributed by atoms with Crippen molar-refractivity contribution in [3.8, 4) is 33.8 Å². The summed E-state index contributed by atoms with van der Waals surface area (Å²) in [6, 6.07) is 28.4. The zero-order chi connectivity index (χ0) is 23.0. The van der Waals surface area contributed by atoms with Crippen LogP contribution in [-0.2, 0) is 20.5 Å². The van der Waals surface area contributed by atoms with Gasteiger partial charge in [-0.1, -0.05) is 42.5 Å². The van der Waals surface area contributed by atoms with Crippen LogP contribution in [0.5, 0.6) is 0 Å². The Morgan fingerprint density at radius 3 is 2.50 bits per heavy atom. The van der Waals surface area contributed by atoms with E-state index in [4.69, 9.17) is 4.98 Å². The number of fused-ring (bicyclic) bond motifs is 6. The summed E-state index contributed by atoms with van der Waals surface area (Å²) in [5.74, 6) is 0.951. The molecule has 0 aliphatic heterocycles. The molecular formula is C30H25N4+. The number of pyridine rings is 1. The summed E-state index contributed by atoms with van der Waals surface area (Å²) in [6.07, 6.45) is 3.23. The fourth-order valence-electron chi connectivity index (χ4n) is 5.64. The molecule has 0 spiro atoms. The lowest BCUT2D eigenvalue weighted by atomic mass is 9.96. The molecule has 3 heterocycles. The minimum Gasteiger partial charge on any atom is -0.308 e. The standard InChI is InChI=1S/C30H25N4/c1-19-15-21-16-20-9-4-5-10-22(20)24(21)17-23(19)26-13-8-14-28(32(26)2)29-18-34-27-12-7-6-11-25(27)31-30(34)33(29)3/h4-15,17-18H,16H2,1-3H3/q+1. The molecule has 0 amide bonds. The Kier molecular flexibility index (Phi) is 3.92. The number of imidazole rings is 2. The number of para-hydroxylation sites is 2. The van der Waals surface area contributed by atoms with Gasteiger partial charge in [0, 0.05) is 30.9 Å². The van der Waals surface area contributed by atoms with E-state index in [1.54, 1.807) is 0 Å². The van der Waals surface area contributed by atoms with E-state index < -0.39 is 0 Å². The molecule has 0 fully saturated rings. The van der Waals surface area contributed by atoms with Crippen LogP contribution in [0.1, 0.15) is 16.7 Å². The summed E-state index contributed by atoms with van der Waals surface area (Å²) in [7, 11) is 4.26. The van der Waals surface area contributed by atoms with E-state index >= 15 is 0 Å². The molecule has 3 aromatic carbocycles. The fraction of sp³-hybridized carbons (Fsp3) is 0.133. The topological polar surface area (TPSA) is 26.1 Å². The average molecular weight is 442 g/mol. The molecule has 0 unspecified atom stereocenters. The van der Waals surface area contributed by atoms with Gasteiger partial charge in [-0.25, -0.2) is 4.98 Å². The largest absolute Gasteiger partial charge is 0.308 e. The highest BCUT2D eigenvalue weighted by molar-refractivity contribution is 5.83. The van der Waals surface area contributed by atoms with Gasteiger partial charge >= 0.3 is 0 Å². The smallest absolute Gasteiger partial charge is 0.231 e. The second-order valence-electron chi connectivity index (χ2n) is 9.36. The van der Waals surface area contributed by atoms with Gasteiger partial charge in [0.05, 0.1) is 11.0 Å². The van der Waals surface area contributed by atoms with Crippen molar-refractivity contribution < 1.29 is 4.57 Å². The summed E-state index contributed by atoms with van der Waals surface area (Å²) in [4.78, 5) is 4.86. The van der Waals surface area contributed by atoms with Crippen molar-refractivity contribution in [2.45, 2.75) is 13.3 Å². The first kappa shape index (κ1) is 19.3. The Labute approximate surface area is 198 Å². The molecule has 1 aliphatic rings. The number of hydrogen-bond donors (Lipinski definition) is 0. The van der Waals surface area contributed by atoms with Gasteiger partial charge in [-0.15, -0.1) is 0 Å². The monoisotopic (exact) mass is 441 g/mol. The van der Waals surface area contributed by atoms with Gasteiger partial charge in [0.2, 0.25) is 17.2 Å². The molecule has 0 saturated heterocycles. The van der Waals surface area contributed by atoms with E-state index in [-0.39, 0.29) is 0 Å². The molecule has 164 valence electrons. The second kappa shape index (κ2) is 6.91. The van der Waals surface area contributed by atoms with Crippen LogP contribution < -0.4 is 4.57 Å². The summed E-state index contributed by atoms with van der Waals surface area (Å²) in [5.41, 5.74) is 13.8. The summed E-state index contributed by atoms with van der Waals surface area (Å²) in [6.45, 7) is 2.23. The van der Waals surface area contributed by atoms with Crippen LogP contribution in [0.25, 0.3) is 50.6 Å². The molecule has 0 atom stereocenters. The van der Waals surface area contributed by atoms with Gasteiger partial charge in [0.1, 0.15) is 12.7 Å². The highest BCUT2D eigenvalue weighted by atomic mass is 15.2. The first-order valence-corrected chi connectivity index (χ1v) is 11.7. The van der Waals surface area contributed by atoms with Crippen molar-refractivity contribution in [2.75, 3.05) is 0 Å². The average Bonchev–Trinajstić information content (AvgIpc) is 3.49. The quantitative estimate of drug-likeness (QED) is 0.309. The number of benzene rings is 3. The molecule has 0 saturated carbocycles. The maximum absolute atomic E-state index is 4.86. The van der Waals surface area contributed by atoms with Gasteiger partial charge in [0.15, 0.2) is 0 Å². The predicted molar refractivity (Wildman–Crippen MR) is 137 cm³/mol. The number of nitrogens with zero attached hydrogens (tertiary/aromatic N) is 4. The molecule has 34 heavy (non-hydrogen) atoms. The Morgan fingerprint density at radius 1 is 0.794 bits per heavy atom. The molecule has 0 radical (unpaired) electrons. The van der Waals surface area contributed by atoms with Crippen molar-refractivity contribution in [3.63, 3.8) is 0 Å². The third-order valence-electron chi connectivity index (χ3n) is 7.40. The highest BCUT2D eigenvalue weighted by Crippen LogP contribution is 2.40. The lowest BCUT2D eigenvalue weighted by Crippen LogP contribution is -2.34. The second-order valence-corrected chi connectivity index (χ2v) is 9.36. The normalized spacial score (nSPS) is 12.4. The van der Waals surface area contributed by atoms with Crippen LogP contribution in [0.15, 0.2) is 85.1 Å². The van der Waals surface area contributed by atoms with Gasteiger partial charge in [-0.3, -0.25) is 4.40 Å². The Bertz CT molecular complexity index is 1770. The van der Waals surface area contributed by atoms with Gasteiger partial charge in [-0.2, -0.15) is 4.57 Å². The van der Waals surface area contributed by atoms with Crippen LogP contribution in [0.3, 0.4) is 0 Å². The molecule has 1 aliphatic carbocycles. The molecule has 3 aromatic heterocycles. The van der Waals surface area contributed by atoms with Crippen LogP contribution in [0.4, 0.5) is 0 Å². The zero-order valence-electron chi connectivity index (χ0n) is 19.6. The van der Waals surface area contributed by atoms with Gasteiger partial charge < -0.3 is 4.57 Å². The molecule has 4 heteroatoms. The van der Waals surface area contributed by atoms with Crippen molar-refractivity contribution in [1.29, 1.82) is 0 Å². The SMILES string of the molecule is Cc1cc2c(cc1-c1cccc(-c3cn4c5ccccc5nc4n3C)[n+]1C)-c1ccccc1C2. The first-order chi connectivity index (χ1) is 16.6. The fourth-order valence-corrected chi connectivity index (χ4v) is 5.64. The van der Waals surface area contributed by atoms with Crippen molar-refractivity contribution in [1.82, 2.24) is 14.0 Å². The number of aromatic nitrogens is 4. The van der Waals surface area contributed by atoms with Crippen molar-refractivity contribution in [2.24, 2.45) is 14.1 Å². The number of rotatable bonds is 2. The van der Waals surface area contributed by atoms with Crippen LogP contribution in [0, 0.1) is 6.92 Å². The Hall–Kier alpha value is -4.18. The van der Waals surface area contributed by atoms with Gasteiger partial charge in [0.25, 0.3) is 0 Å². The molecule has 6 aromatic rings. The molecule has 0 N–H and O–H groups in total. The molecule has 0 bridgehead atoms. The predicted octanol–water partition coefficient (Wildman–Crippen LogP) is 5.86. The van der Waals surface area contributed by atoms with Crippen LogP contribution in [0.2, 0.25) is 0 Å². The third-order valence-corrected chi connectivity index (χ3v) is 7.40. The van der Waals surface area contributed by atoms with Crippen molar-refractivity contribution >= 4 is 16.8 Å². The maximum Gasteiger partial charge on any atom is 0.231 e.